The second-order valence-corrected chi connectivity index (χ2v) is 2.13. The minimum Gasteiger partial charge on any atom is -0.323 e. The number of oxime groups is 1. The van der Waals surface area contributed by atoms with Crippen molar-refractivity contribution in [2.75, 3.05) is 7.05 Å². The summed E-state index contributed by atoms with van der Waals surface area (Å²) in [5.74, 6) is 0.296. The maximum absolute atomic E-state index is 10.3. The number of nitrogens with zero attached hydrogens (tertiary/aromatic N) is 1. The molecule has 0 aliphatic heterocycles. The lowest BCUT2D eigenvalue weighted by Gasteiger charge is -1.94. The Balaban J connectivity index is 3.43. The molecule has 0 atom stereocenters. The first-order valence-electron chi connectivity index (χ1n) is 3.09. The number of amides is 1. The number of rotatable bonds is 2. The van der Waals surface area contributed by atoms with Gasteiger partial charge >= 0.3 is 6.09 Å². The topological polar surface area (TPSA) is 50.7 Å². The van der Waals surface area contributed by atoms with Gasteiger partial charge in [-0.25, -0.2) is 4.79 Å². The molecule has 4 heteroatoms. The van der Waals surface area contributed by atoms with Crippen molar-refractivity contribution >= 4 is 12.3 Å². The Morgan fingerprint density at radius 1 is 1.70 bits per heavy atom. The van der Waals surface area contributed by atoms with Crippen LogP contribution >= 0.6 is 0 Å². The molecule has 0 unspecified atom stereocenters. The van der Waals surface area contributed by atoms with Gasteiger partial charge in [0, 0.05) is 13.3 Å². The Bertz CT molecular complexity index is 132. The Morgan fingerprint density at radius 3 is 2.70 bits per heavy atom. The van der Waals surface area contributed by atoms with Crippen LogP contribution < -0.4 is 5.32 Å². The molecule has 10 heavy (non-hydrogen) atoms. The van der Waals surface area contributed by atoms with Crippen molar-refractivity contribution in [3.63, 3.8) is 0 Å². The fourth-order valence-corrected chi connectivity index (χ4v) is 0.246. The van der Waals surface area contributed by atoms with E-state index in [-0.39, 0.29) is 0 Å². The highest BCUT2D eigenvalue weighted by Crippen LogP contribution is 1.85. The molecule has 0 aliphatic rings. The Hall–Kier alpha value is -1.06. The van der Waals surface area contributed by atoms with Crippen LogP contribution in [0.2, 0.25) is 0 Å². The SMILES string of the molecule is CNC(=O)ON=CC(C)C. The molecule has 58 valence electrons. The lowest BCUT2D eigenvalue weighted by molar-refractivity contribution is 0.153. The van der Waals surface area contributed by atoms with Crippen molar-refractivity contribution in [1.82, 2.24) is 5.32 Å². The third-order valence-electron chi connectivity index (χ3n) is 0.699. The monoisotopic (exact) mass is 144 g/mol. The molecule has 0 spiro atoms. The summed E-state index contributed by atoms with van der Waals surface area (Å²) in [7, 11) is 1.48. The van der Waals surface area contributed by atoms with Gasteiger partial charge in [-0.15, -0.1) is 0 Å². The van der Waals surface area contributed by atoms with Gasteiger partial charge in [-0.3, -0.25) is 4.84 Å². The van der Waals surface area contributed by atoms with Gasteiger partial charge in [-0.1, -0.05) is 19.0 Å². The van der Waals surface area contributed by atoms with E-state index in [0.717, 1.165) is 0 Å². The van der Waals surface area contributed by atoms with Gasteiger partial charge in [0.15, 0.2) is 0 Å². The van der Waals surface area contributed by atoms with Crippen LogP contribution in [0.1, 0.15) is 13.8 Å². The first-order chi connectivity index (χ1) is 4.66. The summed E-state index contributed by atoms with van der Waals surface area (Å²) in [5.41, 5.74) is 0. The highest BCUT2D eigenvalue weighted by Gasteiger charge is 1.93. The minimum atomic E-state index is -0.545. The van der Waals surface area contributed by atoms with E-state index in [0.29, 0.717) is 5.92 Å². The normalized spacial score (nSPS) is 10.4. The molecule has 1 amide bonds. The van der Waals surface area contributed by atoms with E-state index in [4.69, 9.17) is 0 Å². The van der Waals surface area contributed by atoms with E-state index in [2.05, 4.69) is 15.3 Å². The lowest BCUT2D eigenvalue weighted by atomic mass is 10.3. The number of hydrogen-bond donors (Lipinski definition) is 1. The molecule has 0 saturated carbocycles. The molecule has 0 saturated heterocycles. The van der Waals surface area contributed by atoms with Crippen molar-refractivity contribution in [2.45, 2.75) is 13.8 Å². The third-order valence-corrected chi connectivity index (χ3v) is 0.699. The Kier molecular flexibility index (Phi) is 4.28. The molecule has 0 heterocycles. The van der Waals surface area contributed by atoms with Crippen molar-refractivity contribution in [1.29, 1.82) is 0 Å². The van der Waals surface area contributed by atoms with Crippen LogP contribution in [-0.2, 0) is 4.84 Å². The number of carbonyl (C=O) groups is 1. The van der Waals surface area contributed by atoms with Gasteiger partial charge in [0.05, 0.1) is 0 Å². The molecular weight excluding hydrogens is 132 g/mol. The molecule has 0 fully saturated rings. The molecule has 0 aromatic heterocycles. The summed E-state index contributed by atoms with van der Waals surface area (Å²) < 4.78 is 0. The quantitative estimate of drug-likeness (QED) is 0.357. The van der Waals surface area contributed by atoms with Crippen LogP contribution in [0, 0.1) is 5.92 Å². The standard InChI is InChI=1S/C6H12N2O2/c1-5(2)4-8-10-6(9)7-3/h4-5H,1-3H3,(H,7,9). The van der Waals surface area contributed by atoms with E-state index in [9.17, 15) is 4.79 Å². The fraction of sp³-hybridized carbons (Fsp3) is 0.667. The number of hydrogen-bond acceptors (Lipinski definition) is 3. The largest absolute Gasteiger partial charge is 0.433 e. The van der Waals surface area contributed by atoms with E-state index >= 15 is 0 Å². The van der Waals surface area contributed by atoms with Crippen LogP contribution in [-0.4, -0.2) is 19.4 Å². The molecule has 4 nitrogen and oxygen atoms in total. The first kappa shape index (κ1) is 8.94. The van der Waals surface area contributed by atoms with Gasteiger partial charge in [0.2, 0.25) is 0 Å². The zero-order valence-corrected chi connectivity index (χ0v) is 6.42. The number of nitrogens with one attached hydrogen (secondary N) is 1. The van der Waals surface area contributed by atoms with Gasteiger partial charge in [0.1, 0.15) is 0 Å². The molecule has 0 aliphatic carbocycles. The minimum absolute atomic E-state index is 0.296. The van der Waals surface area contributed by atoms with E-state index in [1.54, 1.807) is 6.21 Å². The third kappa shape index (κ3) is 5.08. The van der Waals surface area contributed by atoms with Crippen molar-refractivity contribution in [3.8, 4) is 0 Å². The van der Waals surface area contributed by atoms with E-state index in [1.165, 1.54) is 7.05 Å². The van der Waals surface area contributed by atoms with Crippen LogP contribution in [0.25, 0.3) is 0 Å². The molecule has 0 rings (SSSR count). The smallest absolute Gasteiger partial charge is 0.323 e. The summed E-state index contributed by atoms with van der Waals surface area (Å²) in [6, 6.07) is 0. The van der Waals surface area contributed by atoms with Crippen molar-refractivity contribution < 1.29 is 9.63 Å². The molecular formula is C6H12N2O2. The lowest BCUT2D eigenvalue weighted by Crippen LogP contribution is -2.16. The summed E-state index contributed by atoms with van der Waals surface area (Å²) in [6.45, 7) is 3.88. The van der Waals surface area contributed by atoms with Crippen LogP contribution in [0.4, 0.5) is 4.79 Å². The Labute approximate surface area is 60.2 Å². The fourth-order valence-electron chi connectivity index (χ4n) is 0.246. The second kappa shape index (κ2) is 4.78. The summed E-state index contributed by atoms with van der Waals surface area (Å²) >= 11 is 0. The summed E-state index contributed by atoms with van der Waals surface area (Å²) in [5, 5.41) is 5.67. The molecule has 0 aromatic rings. The van der Waals surface area contributed by atoms with Crippen molar-refractivity contribution in [2.24, 2.45) is 11.1 Å². The zero-order chi connectivity index (χ0) is 7.98. The van der Waals surface area contributed by atoms with E-state index in [1.807, 2.05) is 13.8 Å². The number of carbonyl (C=O) groups excluding carboxylic acids is 1. The summed E-state index contributed by atoms with van der Waals surface area (Å²) in [4.78, 5) is 14.7. The van der Waals surface area contributed by atoms with Crippen LogP contribution in [0.15, 0.2) is 5.16 Å². The van der Waals surface area contributed by atoms with Crippen LogP contribution in [0.5, 0.6) is 0 Å². The average Bonchev–Trinajstić information content (AvgIpc) is 1.87. The van der Waals surface area contributed by atoms with Crippen molar-refractivity contribution in [3.05, 3.63) is 0 Å². The first-order valence-corrected chi connectivity index (χ1v) is 3.09. The molecule has 0 bridgehead atoms. The van der Waals surface area contributed by atoms with Gasteiger partial charge < -0.3 is 5.32 Å². The average molecular weight is 144 g/mol. The maximum Gasteiger partial charge on any atom is 0.433 e. The molecule has 1 N–H and O–H groups in total. The van der Waals surface area contributed by atoms with Gasteiger partial charge in [-0.2, -0.15) is 0 Å². The van der Waals surface area contributed by atoms with Crippen LogP contribution in [0.3, 0.4) is 0 Å². The maximum atomic E-state index is 10.3. The highest BCUT2D eigenvalue weighted by molar-refractivity contribution is 5.68. The Morgan fingerprint density at radius 2 is 2.30 bits per heavy atom. The molecule has 0 aromatic carbocycles. The predicted molar refractivity (Wildman–Crippen MR) is 38.9 cm³/mol. The van der Waals surface area contributed by atoms with E-state index < -0.39 is 6.09 Å². The molecule has 0 radical (unpaired) electrons. The zero-order valence-electron chi connectivity index (χ0n) is 6.42. The second-order valence-electron chi connectivity index (χ2n) is 2.13. The summed E-state index contributed by atoms with van der Waals surface area (Å²) in [6.07, 6.45) is 1.01. The van der Waals surface area contributed by atoms with Gasteiger partial charge in [0.25, 0.3) is 0 Å². The predicted octanol–water partition coefficient (Wildman–Crippen LogP) is 0.984. The highest BCUT2D eigenvalue weighted by atomic mass is 16.7. The van der Waals surface area contributed by atoms with Gasteiger partial charge in [-0.05, 0) is 5.92 Å².